The molecule has 0 aliphatic carbocycles. The minimum atomic E-state index is -5.59. The molecule has 0 aromatic carbocycles. The fraction of sp³-hybridized carbons (Fsp3) is 0.649. The van der Waals surface area contributed by atoms with Crippen molar-refractivity contribution in [1.82, 2.24) is 30.2 Å². The molecule has 3 heterocycles. The molecule has 2 amide bonds. The highest BCUT2D eigenvalue weighted by Gasteiger charge is 2.50. The number of anilines is 1. The highest BCUT2D eigenvalue weighted by atomic mass is 32.2. The molecule has 480 valence electrons. The van der Waals surface area contributed by atoms with Gasteiger partial charge in [0.1, 0.15) is 36.3 Å². The smallest absolute Gasteiger partial charge is 0.386 e. The minimum Gasteiger partial charge on any atom is -0.386 e. The third-order valence-corrected chi connectivity index (χ3v) is 17.3. The number of aliphatic hydroxyl groups excluding tert-OH is 2. The fourth-order valence-electron chi connectivity index (χ4n) is 8.70. The average Bonchev–Trinajstić information content (AvgIpc) is 2.05. The highest BCUT2D eigenvalue weighted by Crippen LogP contribution is 2.61. The van der Waals surface area contributed by atoms with E-state index in [2.05, 4.69) is 102 Å². The number of phosphoric ester groups is 3. The van der Waals surface area contributed by atoms with Crippen LogP contribution in [-0.2, 0) is 50.7 Å². The number of hydrogen-bond donors (Lipinski definition) is 9. The zero-order valence-electron chi connectivity index (χ0n) is 49.6. The van der Waals surface area contributed by atoms with Gasteiger partial charge in [0.2, 0.25) is 16.9 Å². The quantitative estimate of drug-likeness (QED) is 0.0129. The standard InChI is InChI=1S/C57H94N7O17P3S/c1-4-5-6-7-8-9-10-11-12-13-14-15-16-17-18-19-20-21-22-23-24-25-26-27-28-29-30-31-32-33-34-35-36-37-48(66)85-41-40-59-47(65)38-39-60-55(69)52(68)57(2,3)43-78-84(75,76)81-83(73,74)77-42-46-51(80-82(70,71)72)50(67)56(79-46)64-45-63-49-53(58)61-44-62-54(49)64/h5-6,8-9,11-12,14-15,17-18,36-37,44-46,50-52,56,67-68H,4,7,10,13,16,19-35,38-43H2,1-3H3,(H,59,65)(H,60,69)(H,73,74)(H,75,76)(H2,58,61,62)(H2,70,71,72)/b6-5-,9-8-,12-11-,15-14-,18-17-,37-36+/t46-,50-,51-,52+,56-/m1/s1. The number of ether oxygens (including phenoxy) is 1. The Labute approximate surface area is 505 Å². The Kier molecular flexibility index (Phi) is 37.2. The molecule has 85 heavy (non-hydrogen) atoms. The molecule has 1 saturated heterocycles. The Hall–Kier alpha value is -4.00. The molecular weight excluding hydrogens is 1180 g/mol. The van der Waals surface area contributed by atoms with Crippen molar-refractivity contribution in [2.75, 3.05) is 37.8 Å². The lowest BCUT2D eigenvalue weighted by atomic mass is 9.87. The van der Waals surface area contributed by atoms with E-state index < -0.39 is 84.6 Å². The van der Waals surface area contributed by atoms with Gasteiger partial charge in [0.05, 0.1) is 19.5 Å². The summed E-state index contributed by atoms with van der Waals surface area (Å²) in [6.07, 6.45) is 45.3. The van der Waals surface area contributed by atoms with Crippen molar-refractivity contribution in [3.05, 3.63) is 85.6 Å². The Bertz CT molecular complexity index is 2610. The highest BCUT2D eigenvalue weighted by molar-refractivity contribution is 8.14. The maximum atomic E-state index is 12.8. The lowest BCUT2D eigenvalue weighted by Crippen LogP contribution is -2.46. The van der Waals surface area contributed by atoms with Gasteiger partial charge in [0.25, 0.3) is 0 Å². The number of phosphoric acid groups is 3. The van der Waals surface area contributed by atoms with E-state index in [0.29, 0.717) is 5.75 Å². The number of allylic oxidation sites excluding steroid dienone is 11. The number of thioether (sulfide) groups is 1. The van der Waals surface area contributed by atoms with Gasteiger partial charge in [-0.05, 0) is 63.9 Å². The van der Waals surface area contributed by atoms with Crippen molar-refractivity contribution >= 4 is 69.1 Å². The number of aromatic nitrogens is 4. The van der Waals surface area contributed by atoms with Crippen LogP contribution < -0.4 is 16.4 Å². The van der Waals surface area contributed by atoms with Crippen LogP contribution in [0.3, 0.4) is 0 Å². The summed E-state index contributed by atoms with van der Waals surface area (Å²) in [6, 6.07) is 0. The SMILES string of the molecule is CC/C=C\C/C=C\C/C=C\C/C=C\C/C=C\CCCCCCCCCCCCCCCCC/C=C/C(=O)SCCNC(=O)CCNC(=O)[C@H](O)C(C)(C)COP(=O)(O)OP(=O)(O)OC[C@H]1O[C@@H](n2cnc3c(N)ncnc32)[C@H](O)[C@@H]1OP(=O)(O)O. The van der Waals surface area contributed by atoms with Crippen molar-refractivity contribution < 1.29 is 80.5 Å². The molecule has 2 aromatic heterocycles. The Morgan fingerprint density at radius 2 is 1.25 bits per heavy atom. The summed E-state index contributed by atoms with van der Waals surface area (Å²) in [5, 5.41) is 26.6. The number of carbonyl (C=O) groups excluding carboxylic acids is 3. The molecule has 7 atom stereocenters. The fourth-order valence-corrected chi connectivity index (χ4v) is 12.1. The average molecular weight is 1270 g/mol. The summed E-state index contributed by atoms with van der Waals surface area (Å²) in [4.78, 5) is 88.7. The summed E-state index contributed by atoms with van der Waals surface area (Å²) < 4.78 is 62.6. The molecule has 10 N–H and O–H groups in total. The number of amides is 2. The van der Waals surface area contributed by atoms with Crippen LogP contribution in [0.1, 0.15) is 175 Å². The number of imidazole rings is 1. The van der Waals surface area contributed by atoms with Crippen molar-refractivity contribution in [2.45, 2.75) is 199 Å². The molecule has 2 aromatic rings. The van der Waals surface area contributed by atoms with Gasteiger partial charge in [-0.1, -0.05) is 183 Å². The third kappa shape index (κ3) is 33.2. The van der Waals surface area contributed by atoms with Crippen LogP contribution in [0.25, 0.3) is 11.2 Å². The number of hydrogen-bond acceptors (Lipinski definition) is 18. The lowest BCUT2D eigenvalue weighted by molar-refractivity contribution is -0.137. The van der Waals surface area contributed by atoms with Gasteiger partial charge in [0.15, 0.2) is 17.7 Å². The first-order valence-corrected chi connectivity index (χ1v) is 35.0. The molecule has 2 unspecified atom stereocenters. The summed E-state index contributed by atoms with van der Waals surface area (Å²) >= 11 is 1.07. The van der Waals surface area contributed by atoms with Crippen molar-refractivity contribution in [3.8, 4) is 0 Å². The van der Waals surface area contributed by atoms with E-state index in [0.717, 1.165) is 80.4 Å². The summed E-state index contributed by atoms with van der Waals surface area (Å²) in [5.41, 5.74) is 4.29. The molecule has 3 rings (SSSR count). The maximum absolute atomic E-state index is 12.8. The number of rotatable bonds is 47. The van der Waals surface area contributed by atoms with E-state index in [9.17, 15) is 57.9 Å². The predicted molar refractivity (Wildman–Crippen MR) is 329 cm³/mol. The summed E-state index contributed by atoms with van der Waals surface area (Å²) in [5.74, 6) is -1.10. The molecule has 0 spiro atoms. The number of nitrogens with one attached hydrogen (secondary N) is 2. The van der Waals surface area contributed by atoms with E-state index >= 15 is 0 Å². The molecule has 1 aliphatic rings. The molecule has 24 nitrogen and oxygen atoms in total. The number of nitrogens with two attached hydrogens (primary N) is 1. The van der Waals surface area contributed by atoms with Crippen LogP contribution in [0.5, 0.6) is 0 Å². The first-order chi connectivity index (χ1) is 40.6. The van der Waals surface area contributed by atoms with Crippen LogP contribution in [0.4, 0.5) is 5.82 Å². The maximum Gasteiger partial charge on any atom is 0.481 e. The lowest BCUT2D eigenvalue weighted by Gasteiger charge is -2.30. The molecule has 0 bridgehead atoms. The van der Waals surface area contributed by atoms with Gasteiger partial charge < -0.3 is 50.9 Å². The van der Waals surface area contributed by atoms with Crippen LogP contribution in [0, 0.1) is 5.41 Å². The summed E-state index contributed by atoms with van der Waals surface area (Å²) in [7, 11) is -16.4. The molecule has 0 saturated carbocycles. The number of carbonyl (C=O) groups is 3. The summed E-state index contributed by atoms with van der Waals surface area (Å²) in [6.45, 7) is 2.67. The van der Waals surface area contributed by atoms with E-state index in [1.807, 2.05) is 6.08 Å². The normalized spacial score (nSPS) is 18.9. The molecule has 1 aliphatic heterocycles. The molecular formula is C57H94N7O17P3S. The van der Waals surface area contributed by atoms with Gasteiger partial charge in [0, 0.05) is 30.7 Å². The largest absolute Gasteiger partial charge is 0.481 e. The van der Waals surface area contributed by atoms with Gasteiger partial charge in [-0.2, -0.15) is 4.31 Å². The second kappa shape index (κ2) is 42.0. The van der Waals surface area contributed by atoms with E-state index in [1.54, 1.807) is 6.08 Å². The van der Waals surface area contributed by atoms with Crippen molar-refractivity contribution in [1.29, 1.82) is 0 Å². The van der Waals surface area contributed by atoms with Gasteiger partial charge in [-0.3, -0.25) is 32.5 Å². The Morgan fingerprint density at radius 1 is 0.729 bits per heavy atom. The molecule has 1 fully saturated rings. The third-order valence-electron chi connectivity index (χ3n) is 13.4. The number of aliphatic hydroxyl groups is 2. The topological polar surface area (TPSA) is 364 Å². The van der Waals surface area contributed by atoms with Gasteiger partial charge in [-0.15, -0.1) is 0 Å². The zero-order chi connectivity index (χ0) is 62.4. The van der Waals surface area contributed by atoms with Gasteiger partial charge in [-0.25, -0.2) is 28.6 Å². The zero-order valence-corrected chi connectivity index (χ0v) is 53.1. The first kappa shape index (κ1) is 75.3. The Balaban J connectivity index is 1.14. The van der Waals surface area contributed by atoms with Gasteiger partial charge >= 0.3 is 23.5 Å². The van der Waals surface area contributed by atoms with Crippen molar-refractivity contribution in [2.24, 2.45) is 5.41 Å². The number of nitrogen functional groups attached to an aromatic ring is 1. The van der Waals surface area contributed by atoms with Crippen LogP contribution in [0.2, 0.25) is 0 Å². The van der Waals surface area contributed by atoms with E-state index in [1.165, 1.54) is 104 Å². The number of nitrogens with zero attached hydrogens (tertiary/aromatic N) is 4. The van der Waals surface area contributed by atoms with Crippen LogP contribution in [-0.4, -0.2) is 123 Å². The van der Waals surface area contributed by atoms with E-state index in [4.69, 9.17) is 19.5 Å². The molecule has 28 heteroatoms. The first-order valence-electron chi connectivity index (χ1n) is 29.5. The molecule has 0 radical (unpaired) electrons. The number of unbranched alkanes of at least 4 members (excludes halogenated alkanes) is 16. The second-order valence-electron chi connectivity index (χ2n) is 21.2. The van der Waals surface area contributed by atoms with E-state index in [-0.39, 0.29) is 41.6 Å². The van der Waals surface area contributed by atoms with Crippen LogP contribution in [0.15, 0.2) is 85.6 Å². The van der Waals surface area contributed by atoms with Crippen LogP contribution >= 0.6 is 35.2 Å². The van der Waals surface area contributed by atoms with Crippen molar-refractivity contribution in [3.63, 3.8) is 0 Å². The predicted octanol–water partition coefficient (Wildman–Crippen LogP) is 10.6. The second-order valence-corrected chi connectivity index (χ2v) is 26.6. The monoisotopic (exact) mass is 1270 g/mol. The minimum absolute atomic E-state index is 0.0318. The Morgan fingerprint density at radius 3 is 1.80 bits per heavy atom. The number of fused-ring (bicyclic) bond motifs is 1.